The summed E-state index contributed by atoms with van der Waals surface area (Å²) in [5, 5.41) is 18.4. The molecule has 1 aromatic carbocycles. The maximum atomic E-state index is 13.0. The van der Waals surface area contributed by atoms with Crippen molar-refractivity contribution in [1.82, 2.24) is 0 Å². The highest BCUT2D eigenvalue weighted by atomic mass is 19.1. The molecule has 1 fully saturated rings. The summed E-state index contributed by atoms with van der Waals surface area (Å²) in [5.74, 6) is -0.594. The van der Waals surface area contributed by atoms with Gasteiger partial charge in [0.15, 0.2) is 12.5 Å². The van der Waals surface area contributed by atoms with Gasteiger partial charge in [-0.2, -0.15) is 0 Å². The second-order valence-electron chi connectivity index (χ2n) is 3.96. The SMILES string of the molecule is O=C(OC[C@H]1O[C@@H](O)[C@H](F)[C@H]1O)c1ccccc1. The number of esters is 1. The van der Waals surface area contributed by atoms with E-state index >= 15 is 0 Å². The van der Waals surface area contributed by atoms with Gasteiger partial charge in [-0.15, -0.1) is 0 Å². The summed E-state index contributed by atoms with van der Waals surface area (Å²) in [7, 11) is 0. The van der Waals surface area contributed by atoms with Crippen LogP contribution in [0.25, 0.3) is 0 Å². The third-order valence-corrected chi connectivity index (χ3v) is 2.68. The summed E-state index contributed by atoms with van der Waals surface area (Å²) in [6.07, 6.45) is -6.11. The summed E-state index contributed by atoms with van der Waals surface area (Å²) in [4.78, 5) is 11.6. The molecule has 4 atom stereocenters. The molecule has 0 radical (unpaired) electrons. The first-order chi connectivity index (χ1) is 8.59. The molecule has 2 N–H and O–H groups in total. The first-order valence-electron chi connectivity index (χ1n) is 5.47. The number of aliphatic hydroxyl groups excluding tert-OH is 2. The second-order valence-corrected chi connectivity index (χ2v) is 3.96. The molecule has 0 aromatic heterocycles. The number of hydrogen-bond acceptors (Lipinski definition) is 5. The van der Waals surface area contributed by atoms with E-state index in [-0.39, 0.29) is 6.61 Å². The van der Waals surface area contributed by atoms with E-state index in [4.69, 9.17) is 14.6 Å². The summed E-state index contributed by atoms with van der Waals surface area (Å²) in [5.41, 5.74) is 0.349. The van der Waals surface area contributed by atoms with E-state index in [2.05, 4.69) is 0 Å². The van der Waals surface area contributed by atoms with Gasteiger partial charge < -0.3 is 19.7 Å². The van der Waals surface area contributed by atoms with E-state index in [1.54, 1.807) is 30.3 Å². The lowest BCUT2D eigenvalue weighted by Crippen LogP contribution is -2.32. The molecule has 0 bridgehead atoms. The van der Waals surface area contributed by atoms with E-state index in [0.717, 1.165) is 0 Å². The van der Waals surface area contributed by atoms with Crippen LogP contribution in [0.5, 0.6) is 0 Å². The number of benzene rings is 1. The monoisotopic (exact) mass is 256 g/mol. The Bertz CT molecular complexity index is 410. The number of halogens is 1. The highest BCUT2D eigenvalue weighted by Gasteiger charge is 2.43. The number of aliphatic hydroxyl groups is 2. The van der Waals surface area contributed by atoms with Gasteiger partial charge in [0, 0.05) is 0 Å². The lowest BCUT2D eigenvalue weighted by molar-refractivity contribution is -0.122. The second kappa shape index (κ2) is 5.43. The van der Waals surface area contributed by atoms with E-state index in [1.165, 1.54) is 0 Å². The molecule has 0 saturated carbocycles. The number of hydrogen-bond donors (Lipinski definition) is 2. The molecule has 98 valence electrons. The molecule has 18 heavy (non-hydrogen) atoms. The fourth-order valence-corrected chi connectivity index (χ4v) is 1.66. The molecule has 0 amide bonds. The Kier molecular flexibility index (Phi) is 3.90. The van der Waals surface area contributed by atoms with Crippen molar-refractivity contribution >= 4 is 5.97 Å². The molecule has 5 nitrogen and oxygen atoms in total. The first kappa shape index (κ1) is 12.9. The largest absolute Gasteiger partial charge is 0.459 e. The zero-order chi connectivity index (χ0) is 13.1. The van der Waals surface area contributed by atoms with Gasteiger partial charge in [0.05, 0.1) is 5.56 Å². The summed E-state index contributed by atoms with van der Waals surface area (Å²) >= 11 is 0. The van der Waals surface area contributed by atoms with Crippen LogP contribution in [-0.4, -0.2) is 47.5 Å². The predicted molar refractivity (Wildman–Crippen MR) is 58.5 cm³/mol. The maximum absolute atomic E-state index is 13.0. The number of ether oxygens (including phenoxy) is 2. The molecular weight excluding hydrogens is 243 g/mol. The molecule has 1 aliphatic rings. The third kappa shape index (κ3) is 2.66. The van der Waals surface area contributed by atoms with Gasteiger partial charge in [-0.05, 0) is 12.1 Å². The fourth-order valence-electron chi connectivity index (χ4n) is 1.66. The normalized spacial score (nSPS) is 31.3. The van der Waals surface area contributed by atoms with Gasteiger partial charge in [-0.3, -0.25) is 0 Å². The molecule has 1 heterocycles. The summed E-state index contributed by atoms with van der Waals surface area (Å²) < 4.78 is 22.6. The van der Waals surface area contributed by atoms with Crippen molar-refractivity contribution in [3.05, 3.63) is 35.9 Å². The molecule has 1 aromatic rings. The molecule has 1 aliphatic heterocycles. The summed E-state index contributed by atoms with van der Waals surface area (Å²) in [6.45, 7) is -0.313. The zero-order valence-electron chi connectivity index (χ0n) is 9.40. The number of carbonyl (C=O) groups is 1. The van der Waals surface area contributed by atoms with Crippen molar-refractivity contribution in [3.63, 3.8) is 0 Å². The van der Waals surface area contributed by atoms with Crippen molar-refractivity contribution in [2.24, 2.45) is 0 Å². The average Bonchev–Trinajstić information content (AvgIpc) is 2.64. The van der Waals surface area contributed by atoms with Crippen molar-refractivity contribution in [2.45, 2.75) is 24.7 Å². The molecule has 0 unspecified atom stereocenters. The van der Waals surface area contributed by atoms with Gasteiger partial charge in [0.2, 0.25) is 0 Å². The Morgan fingerprint density at radius 2 is 2.00 bits per heavy atom. The van der Waals surface area contributed by atoms with Crippen LogP contribution in [-0.2, 0) is 9.47 Å². The first-order valence-corrected chi connectivity index (χ1v) is 5.47. The summed E-state index contributed by atoms with van der Waals surface area (Å²) in [6, 6.07) is 8.25. The lowest BCUT2D eigenvalue weighted by atomic mass is 10.2. The standard InChI is InChI=1S/C12H13FO5/c13-9-10(14)8(18-12(9)16)6-17-11(15)7-4-2-1-3-5-7/h1-5,8-10,12,14,16H,6H2/t8-,9-,10+,12-/m1/s1. The quantitative estimate of drug-likeness (QED) is 0.759. The van der Waals surface area contributed by atoms with Crippen LogP contribution in [0, 0.1) is 0 Å². The molecule has 6 heteroatoms. The van der Waals surface area contributed by atoms with Crippen LogP contribution in [0.15, 0.2) is 30.3 Å². The topological polar surface area (TPSA) is 76.0 Å². The number of carbonyl (C=O) groups excluding carboxylic acids is 1. The third-order valence-electron chi connectivity index (χ3n) is 2.68. The molecule has 1 saturated heterocycles. The maximum Gasteiger partial charge on any atom is 0.338 e. The Morgan fingerprint density at radius 3 is 2.56 bits per heavy atom. The van der Waals surface area contributed by atoms with Crippen molar-refractivity contribution in [3.8, 4) is 0 Å². The average molecular weight is 256 g/mol. The predicted octanol–water partition coefficient (Wildman–Crippen LogP) is 0.260. The molecule has 0 aliphatic carbocycles. The van der Waals surface area contributed by atoms with E-state index in [1.807, 2.05) is 0 Å². The van der Waals surface area contributed by atoms with Gasteiger partial charge in [0.1, 0.15) is 18.8 Å². The van der Waals surface area contributed by atoms with Crippen LogP contribution < -0.4 is 0 Å². The van der Waals surface area contributed by atoms with E-state index < -0.39 is 30.6 Å². The van der Waals surface area contributed by atoms with Crippen LogP contribution >= 0.6 is 0 Å². The minimum atomic E-state index is -1.88. The minimum absolute atomic E-state index is 0.313. The number of alkyl halides is 1. The minimum Gasteiger partial charge on any atom is -0.459 e. The highest BCUT2D eigenvalue weighted by Crippen LogP contribution is 2.22. The molecular formula is C12H13FO5. The van der Waals surface area contributed by atoms with Gasteiger partial charge >= 0.3 is 5.97 Å². The highest BCUT2D eigenvalue weighted by molar-refractivity contribution is 5.89. The van der Waals surface area contributed by atoms with Gasteiger partial charge in [-0.25, -0.2) is 9.18 Å². The Hall–Kier alpha value is -1.50. The van der Waals surface area contributed by atoms with E-state index in [9.17, 15) is 14.3 Å². The van der Waals surface area contributed by atoms with Crippen molar-refractivity contribution < 1.29 is 28.9 Å². The van der Waals surface area contributed by atoms with Gasteiger partial charge in [-0.1, -0.05) is 18.2 Å². The van der Waals surface area contributed by atoms with Crippen molar-refractivity contribution in [1.29, 1.82) is 0 Å². The lowest BCUT2D eigenvalue weighted by Gasteiger charge is -2.13. The van der Waals surface area contributed by atoms with Crippen LogP contribution in [0.2, 0.25) is 0 Å². The van der Waals surface area contributed by atoms with Crippen LogP contribution in [0.3, 0.4) is 0 Å². The van der Waals surface area contributed by atoms with Gasteiger partial charge in [0.25, 0.3) is 0 Å². The Morgan fingerprint density at radius 1 is 1.33 bits per heavy atom. The van der Waals surface area contributed by atoms with Crippen molar-refractivity contribution in [2.75, 3.05) is 6.61 Å². The zero-order valence-corrected chi connectivity index (χ0v) is 9.40. The molecule has 2 rings (SSSR count). The number of rotatable bonds is 3. The van der Waals surface area contributed by atoms with Crippen LogP contribution in [0.1, 0.15) is 10.4 Å². The molecule has 0 spiro atoms. The van der Waals surface area contributed by atoms with Crippen LogP contribution in [0.4, 0.5) is 4.39 Å². The fraction of sp³-hybridized carbons (Fsp3) is 0.417. The smallest absolute Gasteiger partial charge is 0.338 e. The Labute approximate surface area is 103 Å². The Balaban J connectivity index is 1.88. The van der Waals surface area contributed by atoms with E-state index in [0.29, 0.717) is 5.56 Å².